The van der Waals surface area contributed by atoms with E-state index in [1.54, 1.807) is 6.92 Å². The topological polar surface area (TPSA) is 78.4 Å². The third kappa shape index (κ3) is 6.16. The highest BCUT2D eigenvalue weighted by molar-refractivity contribution is 7.10. The Morgan fingerprint density at radius 3 is 2.55 bits per heavy atom. The number of rotatable bonds is 7. The van der Waals surface area contributed by atoms with Crippen LogP contribution in [0.1, 0.15) is 44.5 Å². The summed E-state index contributed by atoms with van der Waals surface area (Å²) in [6.07, 6.45) is 0.258. The molecule has 3 atom stereocenters. The van der Waals surface area contributed by atoms with E-state index in [2.05, 4.69) is 10.6 Å². The molecule has 1 rings (SSSR count). The zero-order chi connectivity index (χ0) is 15.1. The van der Waals surface area contributed by atoms with Crippen LogP contribution in [0.3, 0.4) is 0 Å². The van der Waals surface area contributed by atoms with Gasteiger partial charge in [-0.2, -0.15) is 0 Å². The van der Waals surface area contributed by atoms with Gasteiger partial charge in [-0.1, -0.05) is 6.07 Å². The van der Waals surface area contributed by atoms with Crippen molar-refractivity contribution in [2.24, 2.45) is 0 Å². The zero-order valence-corrected chi connectivity index (χ0v) is 12.9. The maximum absolute atomic E-state index is 12.0. The van der Waals surface area contributed by atoms with Gasteiger partial charge in [-0.25, -0.2) is 0 Å². The molecule has 5 nitrogen and oxygen atoms in total. The number of thiophene rings is 1. The van der Waals surface area contributed by atoms with Crippen molar-refractivity contribution in [2.75, 3.05) is 0 Å². The highest BCUT2D eigenvalue weighted by Gasteiger charge is 2.19. The van der Waals surface area contributed by atoms with E-state index in [0.29, 0.717) is 6.42 Å². The Morgan fingerprint density at radius 2 is 2.05 bits per heavy atom. The molecule has 1 aromatic heterocycles. The molecule has 2 amide bonds. The lowest BCUT2D eigenvalue weighted by atomic mass is 10.1. The number of aliphatic hydroxyl groups excluding tert-OH is 1. The van der Waals surface area contributed by atoms with Gasteiger partial charge in [0.15, 0.2) is 0 Å². The lowest BCUT2D eigenvalue weighted by Crippen LogP contribution is -2.37. The van der Waals surface area contributed by atoms with Gasteiger partial charge in [0.05, 0.1) is 18.6 Å². The standard InChI is InChI=1S/C14H22N2O3S/c1-9(7-10(2)17)15-14(19)8-12(16-11(3)18)13-5-4-6-20-13/h4-6,9-10,12,17H,7-8H2,1-3H3,(H,15,19)(H,16,18). The summed E-state index contributed by atoms with van der Waals surface area (Å²) in [5.41, 5.74) is 0. The summed E-state index contributed by atoms with van der Waals surface area (Å²) < 4.78 is 0. The first-order chi connectivity index (χ1) is 9.38. The predicted molar refractivity (Wildman–Crippen MR) is 79.4 cm³/mol. The van der Waals surface area contributed by atoms with Crippen LogP contribution in [0.4, 0.5) is 0 Å². The third-order valence-electron chi connectivity index (χ3n) is 2.76. The third-order valence-corrected chi connectivity index (χ3v) is 3.74. The van der Waals surface area contributed by atoms with Gasteiger partial charge < -0.3 is 15.7 Å². The van der Waals surface area contributed by atoms with Crippen LogP contribution in [0.2, 0.25) is 0 Å². The molecular formula is C14H22N2O3S. The zero-order valence-electron chi connectivity index (χ0n) is 12.1. The van der Waals surface area contributed by atoms with Crippen LogP contribution in [0.25, 0.3) is 0 Å². The quantitative estimate of drug-likeness (QED) is 0.715. The Kier molecular flexibility index (Phi) is 6.67. The maximum Gasteiger partial charge on any atom is 0.222 e. The van der Waals surface area contributed by atoms with Gasteiger partial charge in [0.1, 0.15) is 0 Å². The molecule has 20 heavy (non-hydrogen) atoms. The fraction of sp³-hybridized carbons (Fsp3) is 0.571. The molecule has 0 fully saturated rings. The first kappa shape index (κ1) is 16.7. The smallest absolute Gasteiger partial charge is 0.222 e. The molecule has 0 saturated carbocycles. The normalized spacial score (nSPS) is 15.2. The average molecular weight is 298 g/mol. The highest BCUT2D eigenvalue weighted by atomic mass is 32.1. The largest absolute Gasteiger partial charge is 0.393 e. The molecule has 0 aliphatic heterocycles. The van der Waals surface area contributed by atoms with Gasteiger partial charge in [-0.15, -0.1) is 11.3 Å². The number of amides is 2. The van der Waals surface area contributed by atoms with Crippen LogP contribution in [0.15, 0.2) is 17.5 Å². The maximum atomic E-state index is 12.0. The summed E-state index contributed by atoms with van der Waals surface area (Å²) in [4.78, 5) is 24.2. The van der Waals surface area contributed by atoms with Crippen LogP contribution in [-0.4, -0.2) is 29.1 Å². The summed E-state index contributed by atoms with van der Waals surface area (Å²) in [6, 6.07) is 3.40. The SMILES string of the molecule is CC(=O)NC(CC(=O)NC(C)CC(C)O)c1cccs1. The molecule has 1 aromatic rings. The average Bonchev–Trinajstić information content (AvgIpc) is 2.78. The first-order valence-corrected chi connectivity index (χ1v) is 7.54. The van der Waals surface area contributed by atoms with Crippen LogP contribution in [0.5, 0.6) is 0 Å². The Labute approximate surface area is 123 Å². The van der Waals surface area contributed by atoms with E-state index >= 15 is 0 Å². The van der Waals surface area contributed by atoms with E-state index in [9.17, 15) is 14.7 Å². The molecule has 0 aliphatic carbocycles. The lowest BCUT2D eigenvalue weighted by molar-refractivity contribution is -0.123. The summed E-state index contributed by atoms with van der Waals surface area (Å²) >= 11 is 1.51. The molecule has 1 heterocycles. The minimum atomic E-state index is -0.450. The van der Waals surface area contributed by atoms with E-state index < -0.39 is 6.10 Å². The molecule has 6 heteroatoms. The van der Waals surface area contributed by atoms with Crippen LogP contribution < -0.4 is 10.6 Å². The van der Waals surface area contributed by atoms with Gasteiger partial charge in [0, 0.05) is 17.8 Å². The minimum Gasteiger partial charge on any atom is -0.393 e. The van der Waals surface area contributed by atoms with Crippen LogP contribution >= 0.6 is 11.3 Å². The number of nitrogens with one attached hydrogen (secondary N) is 2. The second-order valence-electron chi connectivity index (χ2n) is 5.03. The highest BCUT2D eigenvalue weighted by Crippen LogP contribution is 2.22. The number of hydrogen-bond donors (Lipinski definition) is 3. The van der Waals surface area contributed by atoms with Crippen molar-refractivity contribution in [3.05, 3.63) is 22.4 Å². The van der Waals surface area contributed by atoms with E-state index in [0.717, 1.165) is 4.88 Å². The van der Waals surface area contributed by atoms with Gasteiger partial charge in [-0.05, 0) is 31.7 Å². The molecule has 0 aromatic carbocycles. The predicted octanol–water partition coefficient (Wildman–Crippen LogP) is 1.59. The second-order valence-corrected chi connectivity index (χ2v) is 6.01. The number of hydrogen-bond acceptors (Lipinski definition) is 4. The second kappa shape index (κ2) is 8.01. The summed E-state index contributed by atoms with van der Waals surface area (Å²) in [7, 11) is 0. The van der Waals surface area contributed by atoms with Gasteiger partial charge in [-0.3, -0.25) is 9.59 Å². The van der Waals surface area contributed by atoms with Crippen molar-refractivity contribution in [1.82, 2.24) is 10.6 Å². The fourth-order valence-electron chi connectivity index (χ4n) is 2.05. The van der Waals surface area contributed by atoms with Gasteiger partial charge in [0.25, 0.3) is 0 Å². The molecule has 0 aliphatic rings. The Bertz CT molecular complexity index is 432. The van der Waals surface area contributed by atoms with E-state index in [1.165, 1.54) is 18.3 Å². The monoisotopic (exact) mass is 298 g/mol. The molecule has 112 valence electrons. The van der Waals surface area contributed by atoms with Crippen molar-refractivity contribution in [2.45, 2.75) is 51.8 Å². The Morgan fingerprint density at radius 1 is 1.35 bits per heavy atom. The molecule has 3 N–H and O–H groups in total. The van der Waals surface area contributed by atoms with Crippen molar-refractivity contribution < 1.29 is 14.7 Å². The van der Waals surface area contributed by atoms with Crippen LogP contribution in [0, 0.1) is 0 Å². The van der Waals surface area contributed by atoms with E-state index in [-0.39, 0.29) is 30.3 Å². The van der Waals surface area contributed by atoms with E-state index in [4.69, 9.17) is 0 Å². The van der Waals surface area contributed by atoms with E-state index in [1.807, 2.05) is 24.4 Å². The minimum absolute atomic E-state index is 0.0937. The summed E-state index contributed by atoms with van der Waals surface area (Å²) in [6.45, 7) is 4.98. The molecule has 0 spiro atoms. The van der Waals surface area contributed by atoms with Crippen LogP contribution in [-0.2, 0) is 9.59 Å². The first-order valence-electron chi connectivity index (χ1n) is 6.66. The molecule has 0 saturated heterocycles. The lowest BCUT2D eigenvalue weighted by Gasteiger charge is -2.19. The number of carbonyl (C=O) groups excluding carboxylic acids is 2. The van der Waals surface area contributed by atoms with Crippen molar-refractivity contribution in [3.8, 4) is 0 Å². The number of aliphatic hydroxyl groups is 1. The molecule has 3 unspecified atom stereocenters. The summed E-state index contributed by atoms with van der Waals surface area (Å²) in [5.74, 6) is -0.293. The van der Waals surface area contributed by atoms with Crippen molar-refractivity contribution >= 4 is 23.2 Å². The Hall–Kier alpha value is -1.40. The number of carbonyl (C=O) groups is 2. The fourth-order valence-corrected chi connectivity index (χ4v) is 2.83. The Balaban J connectivity index is 2.57. The molecule has 0 bridgehead atoms. The molecule has 0 radical (unpaired) electrons. The van der Waals surface area contributed by atoms with Crippen molar-refractivity contribution in [3.63, 3.8) is 0 Å². The summed E-state index contributed by atoms with van der Waals surface area (Å²) in [5, 5.41) is 16.8. The van der Waals surface area contributed by atoms with Gasteiger partial charge >= 0.3 is 0 Å². The molecular weight excluding hydrogens is 276 g/mol. The van der Waals surface area contributed by atoms with Gasteiger partial charge in [0.2, 0.25) is 11.8 Å². The van der Waals surface area contributed by atoms with Crippen molar-refractivity contribution in [1.29, 1.82) is 0 Å².